The second-order valence-corrected chi connectivity index (χ2v) is 7.74. The number of aromatic nitrogens is 2. The monoisotopic (exact) mass is 398 g/mol. The van der Waals surface area contributed by atoms with Crippen LogP contribution in [0.5, 0.6) is 0 Å². The Morgan fingerprint density at radius 2 is 1.90 bits per heavy atom. The highest BCUT2D eigenvalue weighted by molar-refractivity contribution is 5.67. The standard InChI is InChI=1S/C23H34N4O2/c1-3-27(4-2)20-12-10-19(11-13-20)21-16-25-22(26-21)14-15-24-23(28)29-17-18-8-6-5-7-9-18/h10-13,16,18H,3-9,14-15,17H2,1-2H3,(H,24,28)(H,25,26). The van der Waals surface area contributed by atoms with Crippen LogP contribution in [0.25, 0.3) is 11.3 Å². The molecule has 158 valence electrons. The fourth-order valence-corrected chi connectivity index (χ4v) is 3.96. The Kier molecular flexibility index (Phi) is 7.96. The minimum atomic E-state index is -0.325. The number of rotatable bonds is 9. The van der Waals surface area contributed by atoms with Gasteiger partial charge in [-0.25, -0.2) is 9.78 Å². The van der Waals surface area contributed by atoms with Gasteiger partial charge in [0.25, 0.3) is 0 Å². The van der Waals surface area contributed by atoms with E-state index in [0.29, 0.717) is 25.5 Å². The predicted octanol–water partition coefficient (Wildman–Crippen LogP) is 4.77. The lowest BCUT2D eigenvalue weighted by Gasteiger charge is -2.21. The minimum absolute atomic E-state index is 0.325. The van der Waals surface area contributed by atoms with Crippen LogP contribution in [0, 0.1) is 5.92 Å². The third-order valence-electron chi connectivity index (χ3n) is 5.74. The predicted molar refractivity (Wildman–Crippen MR) is 117 cm³/mol. The van der Waals surface area contributed by atoms with E-state index in [0.717, 1.165) is 30.2 Å². The van der Waals surface area contributed by atoms with Crippen molar-refractivity contribution in [3.05, 3.63) is 36.3 Å². The second-order valence-electron chi connectivity index (χ2n) is 7.74. The molecule has 1 aromatic carbocycles. The van der Waals surface area contributed by atoms with E-state index in [9.17, 15) is 4.79 Å². The molecule has 6 heteroatoms. The van der Waals surface area contributed by atoms with Crippen molar-refractivity contribution in [3.63, 3.8) is 0 Å². The topological polar surface area (TPSA) is 70.2 Å². The van der Waals surface area contributed by atoms with Crippen LogP contribution in [0.4, 0.5) is 10.5 Å². The van der Waals surface area contributed by atoms with Gasteiger partial charge in [0.2, 0.25) is 0 Å². The fourth-order valence-electron chi connectivity index (χ4n) is 3.96. The van der Waals surface area contributed by atoms with Gasteiger partial charge < -0.3 is 19.9 Å². The Bertz CT molecular complexity index is 746. The van der Waals surface area contributed by atoms with Crippen LogP contribution in [-0.4, -0.2) is 42.3 Å². The van der Waals surface area contributed by atoms with E-state index in [-0.39, 0.29) is 6.09 Å². The Balaban J connectivity index is 1.42. The van der Waals surface area contributed by atoms with E-state index in [2.05, 4.69) is 58.3 Å². The van der Waals surface area contributed by atoms with Crippen molar-refractivity contribution in [2.24, 2.45) is 5.92 Å². The molecule has 3 rings (SSSR count). The number of aromatic amines is 1. The van der Waals surface area contributed by atoms with Crippen molar-refractivity contribution < 1.29 is 9.53 Å². The van der Waals surface area contributed by atoms with Crippen LogP contribution in [0.15, 0.2) is 30.5 Å². The lowest BCUT2D eigenvalue weighted by molar-refractivity contribution is 0.116. The van der Waals surface area contributed by atoms with Crippen LogP contribution >= 0.6 is 0 Å². The van der Waals surface area contributed by atoms with E-state index < -0.39 is 0 Å². The maximum absolute atomic E-state index is 11.9. The summed E-state index contributed by atoms with van der Waals surface area (Å²) in [6.07, 6.45) is 8.36. The molecule has 0 unspecified atom stereocenters. The van der Waals surface area contributed by atoms with Gasteiger partial charge >= 0.3 is 6.09 Å². The molecule has 0 spiro atoms. The first kappa shape index (κ1) is 21.2. The van der Waals surface area contributed by atoms with Gasteiger partial charge in [0, 0.05) is 31.7 Å². The quantitative estimate of drug-likeness (QED) is 0.638. The molecule has 0 atom stereocenters. The number of H-pyrrole nitrogens is 1. The molecule has 2 aromatic rings. The summed E-state index contributed by atoms with van der Waals surface area (Å²) in [6.45, 7) is 7.38. The molecule has 1 amide bonds. The van der Waals surface area contributed by atoms with E-state index in [1.54, 1.807) is 0 Å². The molecule has 1 aliphatic rings. The van der Waals surface area contributed by atoms with Gasteiger partial charge in [-0.1, -0.05) is 31.4 Å². The maximum atomic E-state index is 11.9. The molecule has 0 aliphatic heterocycles. The molecule has 1 fully saturated rings. The van der Waals surface area contributed by atoms with Gasteiger partial charge in [0.1, 0.15) is 5.82 Å². The molecule has 2 N–H and O–H groups in total. The summed E-state index contributed by atoms with van der Waals surface area (Å²) in [6, 6.07) is 8.52. The molecule has 0 bridgehead atoms. The van der Waals surface area contributed by atoms with Gasteiger partial charge in [0.15, 0.2) is 0 Å². The number of ether oxygens (including phenoxy) is 1. The van der Waals surface area contributed by atoms with Gasteiger partial charge in [-0.05, 0) is 50.3 Å². The highest BCUT2D eigenvalue weighted by atomic mass is 16.5. The number of anilines is 1. The number of amides is 1. The van der Waals surface area contributed by atoms with E-state index >= 15 is 0 Å². The van der Waals surface area contributed by atoms with Gasteiger partial charge in [-0.2, -0.15) is 0 Å². The third kappa shape index (κ3) is 6.24. The smallest absolute Gasteiger partial charge is 0.407 e. The maximum Gasteiger partial charge on any atom is 0.407 e. The minimum Gasteiger partial charge on any atom is -0.449 e. The normalized spacial score (nSPS) is 14.6. The van der Waals surface area contributed by atoms with Crippen molar-refractivity contribution in [2.75, 3.05) is 31.1 Å². The lowest BCUT2D eigenvalue weighted by atomic mass is 9.90. The summed E-state index contributed by atoms with van der Waals surface area (Å²) in [5.41, 5.74) is 3.33. The van der Waals surface area contributed by atoms with Crippen LogP contribution in [0.3, 0.4) is 0 Å². The highest BCUT2D eigenvalue weighted by Crippen LogP contribution is 2.24. The van der Waals surface area contributed by atoms with Crippen molar-refractivity contribution in [1.29, 1.82) is 0 Å². The molecular formula is C23H34N4O2. The first-order valence-electron chi connectivity index (χ1n) is 11.0. The van der Waals surface area contributed by atoms with Crippen molar-refractivity contribution in [2.45, 2.75) is 52.4 Å². The number of carbonyl (C=O) groups is 1. The van der Waals surface area contributed by atoms with Crippen LogP contribution in [0.1, 0.15) is 51.8 Å². The summed E-state index contributed by atoms with van der Waals surface area (Å²) < 4.78 is 5.36. The Morgan fingerprint density at radius 1 is 1.17 bits per heavy atom. The van der Waals surface area contributed by atoms with Crippen LogP contribution in [0.2, 0.25) is 0 Å². The molecule has 0 radical (unpaired) electrons. The summed E-state index contributed by atoms with van der Waals surface area (Å²) in [5, 5.41) is 2.83. The number of nitrogens with one attached hydrogen (secondary N) is 2. The average molecular weight is 399 g/mol. The van der Waals surface area contributed by atoms with Gasteiger partial charge in [-0.3, -0.25) is 0 Å². The van der Waals surface area contributed by atoms with E-state index in [1.807, 2.05) is 6.20 Å². The largest absolute Gasteiger partial charge is 0.449 e. The Morgan fingerprint density at radius 3 is 2.59 bits per heavy atom. The van der Waals surface area contributed by atoms with E-state index in [1.165, 1.54) is 37.8 Å². The van der Waals surface area contributed by atoms with Crippen molar-refractivity contribution >= 4 is 11.8 Å². The number of nitrogens with zero attached hydrogens (tertiary/aromatic N) is 2. The zero-order chi connectivity index (χ0) is 20.5. The number of hydrogen-bond acceptors (Lipinski definition) is 4. The average Bonchev–Trinajstić information content (AvgIpc) is 3.23. The van der Waals surface area contributed by atoms with Crippen molar-refractivity contribution in [1.82, 2.24) is 15.3 Å². The first-order chi connectivity index (χ1) is 14.2. The molecule has 6 nitrogen and oxygen atoms in total. The molecule has 1 aliphatic carbocycles. The number of carbonyl (C=O) groups excluding carboxylic acids is 1. The molecule has 1 heterocycles. The molecule has 1 aromatic heterocycles. The number of benzene rings is 1. The van der Waals surface area contributed by atoms with Gasteiger partial charge in [-0.15, -0.1) is 0 Å². The second kappa shape index (κ2) is 10.9. The summed E-state index contributed by atoms with van der Waals surface area (Å²) >= 11 is 0. The molecule has 0 saturated heterocycles. The van der Waals surface area contributed by atoms with Gasteiger partial charge in [0.05, 0.1) is 18.5 Å². The molecule has 1 saturated carbocycles. The number of alkyl carbamates (subject to hydrolysis) is 1. The van der Waals surface area contributed by atoms with Crippen LogP contribution in [-0.2, 0) is 11.2 Å². The third-order valence-corrected chi connectivity index (χ3v) is 5.74. The lowest BCUT2D eigenvalue weighted by Crippen LogP contribution is -2.28. The SMILES string of the molecule is CCN(CC)c1ccc(-c2cnc(CCNC(=O)OCC3CCCCC3)[nH]2)cc1. The van der Waals surface area contributed by atoms with Crippen molar-refractivity contribution in [3.8, 4) is 11.3 Å². The summed E-state index contributed by atoms with van der Waals surface area (Å²) in [7, 11) is 0. The Labute approximate surface area is 174 Å². The number of hydrogen-bond donors (Lipinski definition) is 2. The Hall–Kier alpha value is -2.50. The zero-order valence-corrected chi connectivity index (χ0v) is 17.7. The van der Waals surface area contributed by atoms with E-state index in [4.69, 9.17) is 4.74 Å². The zero-order valence-electron chi connectivity index (χ0n) is 17.7. The summed E-state index contributed by atoms with van der Waals surface area (Å²) in [5.74, 6) is 1.40. The number of imidazole rings is 1. The first-order valence-corrected chi connectivity index (χ1v) is 11.0. The summed E-state index contributed by atoms with van der Waals surface area (Å²) in [4.78, 5) is 22.0. The molecular weight excluding hydrogens is 364 g/mol. The fraction of sp³-hybridized carbons (Fsp3) is 0.565. The molecule has 29 heavy (non-hydrogen) atoms. The highest BCUT2D eigenvalue weighted by Gasteiger charge is 2.15. The van der Waals surface area contributed by atoms with Crippen LogP contribution < -0.4 is 10.2 Å².